The van der Waals surface area contributed by atoms with Gasteiger partial charge in [0.1, 0.15) is 13.0 Å². The first-order valence-electron chi connectivity index (χ1n) is 8.00. The number of nitrogens with zero attached hydrogens (tertiary/aromatic N) is 3. The van der Waals surface area contributed by atoms with Crippen LogP contribution in [0.5, 0.6) is 0 Å². The van der Waals surface area contributed by atoms with Gasteiger partial charge in [0.2, 0.25) is 13.3 Å². The first-order valence-corrected chi connectivity index (χ1v) is 10.3. The molecule has 0 aliphatic carbocycles. The Morgan fingerprint density at radius 2 is 2.31 bits per heavy atom. The third-order valence-electron chi connectivity index (χ3n) is 3.62. The lowest BCUT2D eigenvalue weighted by atomic mass is 10.4. The normalized spacial score (nSPS) is 21.9. The Labute approximate surface area is 149 Å². The lowest BCUT2D eigenvalue weighted by Crippen LogP contribution is -2.22. The van der Waals surface area contributed by atoms with E-state index < -0.39 is 25.0 Å². The van der Waals surface area contributed by atoms with Crippen molar-refractivity contribution in [2.45, 2.75) is 32.5 Å². The summed E-state index contributed by atoms with van der Waals surface area (Å²) in [4.78, 5) is 22.2. The van der Waals surface area contributed by atoms with Gasteiger partial charge in [-0.15, -0.1) is 0 Å². The molecule has 0 radical (unpaired) electrons. The Hall–Kier alpha value is -1.78. The van der Waals surface area contributed by atoms with Crippen molar-refractivity contribution in [3.05, 3.63) is 16.7 Å². The number of H-pyrrole nitrogens is 1. The summed E-state index contributed by atoms with van der Waals surface area (Å²) in [5, 5.41) is 0. The van der Waals surface area contributed by atoms with Gasteiger partial charge >= 0.3 is 0 Å². The average molecular weight is 387 g/mol. The number of rotatable bonds is 7. The molecule has 0 saturated carbocycles. The fourth-order valence-corrected chi connectivity index (χ4v) is 3.63. The molecule has 0 bridgehead atoms. The number of nitrogen functional groups attached to an aromatic ring is 1. The van der Waals surface area contributed by atoms with Crippen LogP contribution in [0, 0.1) is 0 Å². The Bertz CT molecular complexity index is 894. The van der Waals surface area contributed by atoms with E-state index >= 15 is 0 Å². The van der Waals surface area contributed by atoms with Crippen LogP contribution in [-0.4, -0.2) is 57.8 Å². The molecule has 3 rings (SSSR count). The highest BCUT2D eigenvalue weighted by Gasteiger charge is 2.36. The maximum Gasteiger partial charge on any atom is 0.280 e. The molecule has 1 fully saturated rings. The van der Waals surface area contributed by atoms with E-state index in [9.17, 15) is 9.36 Å². The Morgan fingerprint density at radius 1 is 1.54 bits per heavy atom. The molecule has 0 spiro atoms. The van der Waals surface area contributed by atoms with Crippen molar-refractivity contribution >= 4 is 24.5 Å². The summed E-state index contributed by atoms with van der Waals surface area (Å²) in [5.74, 6) is -0.737. The predicted octanol–water partition coefficient (Wildman–Crippen LogP) is 0.709. The van der Waals surface area contributed by atoms with Crippen molar-refractivity contribution in [3.63, 3.8) is 0 Å². The van der Waals surface area contributed by atoms with Crippen LogP contribution in [-0.2, 0) is 29.8 Å². The van der Waals surface area contributed by atoms with E-state index in [4.69, 9.17) is 24.5 Å². The molecule has 0 aromatic carbocycles. The predicted molar refractivity (Wildman–Crippen MR) is 92.9 cm³/mol. The summed E-state index contributed by atoms with van der Waals surface area (Å²) in [6.45, 7) is 5.81. The third kappa shape index (κ3) is 4.49. The number of hydrogen-bond donors (Lipinski definition) is 2. The van der Waals surface area contributed by atoms with Crippen LogP contribution in [0.1, 0.15) is 13.8 Å². The van der Waals surface area contributed by atoms with Gasteiger partial charge in [0.15, 0.2) is 23.2 Å². The van der Waals surface area contributed by atoms with Crippen LogP contribution < -0.4 is 11.3 Å². The molecule has 12 heteroatoms. The van der Waals surface area contributed by atoms with Gasteiger partial charge in [-0.25, -0.2) is 4.98 Å². The zero-order chi connectivity index (χ0) is 18.9. The highest BCUT2D eigenvalue weighted by molar-refractivity contribution is 7.57. The SMILES string of the molecule is CC1(C)OCC(OP(C)(=O)COCCn2cnc3c(=O)[nH]c(N)nc32)O1. The summed E-state index contributed by atoms with van der Waals surface area (Å²) < 4.78 is 35.9. The molecule has 26 heavy (non-hydrogen) atoms. The van der Waals surface area contributed by atoms with Gasteiger partial charge in [0, 0.05) is 13.2 Å². The van der Waals surface area contributed by atoms with Crippen molar-refractivity contribution in [2.75, 3.05) is 32.0 Å². The standard InChI is InChI=1S/C14H22N5O6P/c1-14(2)23-6-9(24-14)25-26(3,21)8-22-5-4-19-7-16-10-11(19)17-13(15)18-12(10)20/h7,9H,4-6,8H2,1-3H3,(H3,15,17,18,20). The maximum absolute atomic E-state index is 12.5. The second-order valence-corrected chi connectivity index (χ2v) is 8.97. The molecular weight excluding hydrogens is 365 g/mol. The quantitative estimate of drug-likeness (QED) is 0.518. The Kier molecular flexibility index (Phi) is 5.18. The molecule has 2 aromatic rings. The Balaban J connectivity index is 1.51. The van der Waals surface area contributed by atoms with Gasteiger partial charge < -0.3 is 24.5 Å². The summed E-state index contributed by atoms with van der Waals surface area (Å²) in [5.41, 5.74) is 5.71. The molecule has 1 saturated heterocycles. The van der Waals surface area contributed by atoms with E-state index in [1.165, 1.54) is 13.0 Å². The van der Waals surface area contributed by atoms with Crippen molar-refractivity contribution in [3.8, 4) is 0 Å². The summed E-state index contributed by atoms with van der Waals surface area (Å²) in [6.07, 6.45) is 0.723. The van der Waals surface area contributed by atoms with Crippen molar-refractivity contribution < 1.29 is 23.3 Å². The zero-order valence-electron chi connectivity index (χ0n) is 14.8. The largest absolute Gasteiger partial charge is 0.370 e. The Morgan fingerprint density at radius 3 is 3.00 bits per heavy atom. The number of nitrogens with two attached hydrogens (primary N) is 1. The molecule has 3 N–H and O–H groups in total. The molecule has 2 aromatic heterocycles. The van der Waals surface area contributed by atoms with Crippen LogP contribution in [0.15, 0.2) is 11.1 Å². The molecule has 1 aliphatic heterocycles. The fourth-order valence-electron chi connectivity index (χ4n) is 2.51. The van der Waals surface area contributed by atoms with Gasteiger partial charge in [-0.2, -0.15) is 4.98 Å². The first-order chi connectivity index (χ1) is 12.2. The van der Waals surface area contributed by atoms with Crippen LogP contribution in [0.2, 0.25) is 0 Å². The van der Waals surface area contributed by atoms with Crippen LogP contribution in [0.25, 0.3) is 11.2 Å². The van der Waals surface area contributed by atoms with E-state index in [0.717, 1.165) is 0 Å². The van der Waals surface area contributed by atoms with Gasteiger partial charge in [-0.3, -0.25) is 18.9 Å². The number of hydrogen-bond acceptors (Lipinski definition) is 9. The molecular formula is C14H22N5O6P. The summed E-state index contributed by atoms with van der Waals surface area (Å²) in [6, 6.07) is 0. The summed E-state index contributed by atoms with van der Waals surface area (Å²) >= 11 is 0. The minimum atomic E-state index is -3.01. The smallest absolute Gasteiger partial charge is 0.280 e. The van der Waals surface area contributed by atoms with E-state index in [2.05, 4.69) is 15.0 Å². The van der Waals surface area contributed by atoms with Gasteiger partial charge in [-0.1, -0.05) is 0 Å². The van der Waals surface area contributed by atoms with Crippen LogP contribution in [0.4, 0.5) is 5.95 Å². The maximum atomic E-state index is 12.5. The number of anilines is 1. The number of ether oxygens (including phenoxy) is 3. The lowest BCUT2D eigenvalue weighted by molar-refractivity contribution is -0.167. The molecule has 2 atom stereocenters. The molecule has 0 amide bonds. The zero-order valence-corrected chi connectivity index (χ0v) is 15.7. The topological polar surface area (TPSA) is 144 Å². The van der Waals surface area contributed by atoms with Crippen molar-refractivity contribution in [1.82, 2.24) is 19.5 Å². The van der Waals surface area contributed by atoms with Crippen molar-refractivity contribution in [2.24, 2.45) is 0 Å². The third-order valence-corrected chi connectivity index (χ3v) is 4.95. The van der Waals surface area contributed by atoms with Crippen LogP contribution in [0.3, 0.4) is 0 Å². The van der Waals surface area contributed by atoms with Gasteiger partial charge in [-0.05, 0) is 13.8 Å². The van der Waals surface area contributed by atoms with E-state index in [1.807, 2.05) is 0 Å². The molecule has 11 nitrogen and oxygen atoms in total. The lowest BCUT2D eigenvalue weighted by Gasteiger charge is -2.20. The molecule has 3 heterocycles. The number of nitrogens with one attached hydrogen (secondary N) is 1. The average Bonchev–Trinajstić information content (AvgIpc) is 3.06. The van der Waals surface area contributed by atoms with E-state index in [-0.39, 0.29) is 31.0 Å². The number of imidazole rings is 1. The van der Waals surface area contributed by atoms with E-state index in [0.29, 0.717) is 12.2 Å². The minimum Gasteiger partial charge on any atom is -0.370 e. The molecule has 1 aliphatic rings. The number of fused-ring (bicyclic) bond motifs is 1. The molecule has 2 unspecified atom stereocenters. The second-order valence-electron chi connectivity index (χ2n) is 6.48. The monoisotopic (exact) mass is 387 g/mol. The van der Waals surface area contributed by atoms with Gasteiger partial charge in [0.25, 0.3) is 5.56 Å². The fraction of sp³-hybridized carbons (Fsp3) is 0.643. The first kappa shape index (κ1) is 19.0. The van der Waals surface area contributed by atoms with E-state index in [1.54, 1.807) is 18.4 Å². The second kappa shape index (κ2) is 7.09. The number of aromatic nitrogens is 4. The highest BCUT2D eigenvalue weighted by atomic mass is 31.2. The summed E-state index contributed by atoms with van der Waals surface area (Å²) in [7, 11) is -3.01. The number of aromatic amines is 1. The van der Waals surface area contributed by atoms with Gasteiger partial charge in [0.05, 0.1) is 12.9 Å². The van der Waals surface area contributed by atoms with Crippen LogP contribution >= 0.6 is 7.37 Å². The highest BCUT2D eigenvalue weighted by Crippen LogP contribution is 2.45. The minimum absolute atomic E-state index is 0.0123. The van der Waals surface area contributed by atoms with Crippen molar-refractivity contribution in [1.29, 1.82) is 0 Å². The molecule has 144 valence electrons.